The van der Waals surface area contributed by atoms with Gasteiger partial charge in [0.05, 0.1) is 6.54 Å². The third kappa shape index (κ3) is 3.73. The molecule has 0 bridgehead atoms. The van der Waals surface area contributed by atoms with Crippen molar-refractivity contribution >= 4 is 34.4 Å². The number of benzene rings is 1. The van der Waals surface area contributed by atoms with Crippen molar-refractivity contribution in [3.05, 3.63) is 55.7 Å². The molecule has 28 heavy (non-hydrogen) atoms. The van der Waals surface area contributed by atoms with Gasteiger partial charge in [0.2, 0.25) is 5.95 Å². The predicted molar refractivity (Wildman–Crippen MR) is 112 cm³/mol. The summed E-state index contributed by atoms with van der Waals surface area (Å²) in [6, 6.07) is 7.35. The molecule has 0 aliphatic carbocycles. The molecule has 148 valence electrons. The number of halogens is 1. The lowest BCUT2D eigenvalue weighted by molar-refractivity contribution is 0.702. The Morgan fingerprint density at radius 3 is 2.50 bits per heavy atom. The van der Waals surface area contributed by atoms with Crippen molar-refractivity contribution in [2.24, 2.45) is 19.2 Å². The van der Waals surface area contributed by atoms with Gasteiger partial charge in [-0.15, -0.1) is 0 Å². The first-order valence-electron chi connectivity index (χ1n) is 9.03. The van der Waals surface area contributed by atoms with Crippen molar-refractivity contribution < 1.29 is 0 Å². The highest BCUT2D eigenvalue weighted by atomic mass is 35.5. The Morgan fingerprint density at radius 2 is 1.86 bits per heavy atom. The third-order valence-corrected chi connectivity index (χ3v) is 4.81. The second-order valence-electron chi connectivity index (χ2n) is 6.73. The first kappa shape index (κ1) is 19.9. The van der Waals surface area contributed by atoms with E-state index in [0.717, 1.165) is 28.7 Å². The first-order valence-corrected chi connectivity index (χ1v) is 9.41. The Hall–Kier alpha value is -2.87. The van der Waals surface area contributed by atoms with E-state index in [0.29, 0.717) is 28.7 Å². The normalized spacial score (nSPS) is 12.0. The van der Waals surface area contributed by atoms with Crippen molar-refractivity contribution in [1.82, 2.24) is 18.7 Å². The number of nitrogens with zero attached hydrogens (tertiary/aromatic N) is 5. The smallest absolute Gasteiger partial charge is 0.298 e. The molecule has 3 rings (SSSR count). The van der Waals surface area contributed by atoms with Crippen LogP contribution in [-0.4, -0.2) is 24.4 Å². The van der Waals surface area contributed by atoms with Gasteiger partial charge in [0, 0.05) is 24.8 Å². The molecule has 0 radical (unpaired) electrons. The molecule has 9 heteroatoms. The molecule has 2 aromatic heterocycles. The van der Waals surface area contributed by atoms with E-state index in [4.69, 9.17) is 11.6 Å². The maximum atomic E-state index is 12.8. The van der Waals surface area contributed by atoms with E-state index in [1.807, 2.05) is 19.1 Å². The summed E-state index contributed by atoms with van der Waals surface area (Å²) in [5.41, 5.74) is 4.65. The number of nitrogens with one attached hydrogen (secondary N) is 1. The first-order chi connectivity index (χ1) is 13.3. The van der Waals surface area contributed by atoms with Crippen molar-refractivity contribution in [1.29, 1.82) is 0 Å². The minimum Gasteiger partial charge on any atom is -0.298 e. The van der Waals surface area contributed by atoms with Crippen LogP contribution in [0, 0.1) is 0 Å². The van der Waals surface area contributed by atoms with Gasteiger partial charge in [-0.05, 0) is 31.0 Å². The summed E-state index contributed by atoms with van der Waals surface area (Å²) in [4.78, 5) is 29.6. The van der Waals surface area contributed by atoms with Crippen molar-refractivity contribution in [2.45, 2.75) is 33.2 Å². The predicted octanol–water partition coefficient (Wildman–Crippen LogP) is 2.72. The van der Waals surface area contributed by atoms with E-state index >= 15 is 0 Å². The van der Waals surface area contributed by atoms with Gasteiger partial charge in [0.15, 0.2) is 11.2 Å². The lowest BCUT2D eigenvalue weighted by Crippen LogP contribution is -2.37. The van der Waals surface area contributed by atoms with Gasteiger partial charge < -0.3 is 0 Å². The zero-order chi connectivity index (χ0) is 20.4. The van der Waals surface area contributed by atoms with Gasteiger partial charge in [0.1, 0.15) is 0 Å². The molecular formula is C19H23ClN6O2. The Kier molecular flexibility index (Phi) is 5.69. The average Bonchev–Trinajstić information content (AvgIpc) is 3.03. The highest BCUT2D eigenvalue weighted by Crippen LogP contribution is 2.19. The molecule has 1 aromatic carbocycles. The molecule has 0 fully saturated rings. The van der Waals surface area contributed by atoms with Crippen LogP contribution in [0.3, 0.4) is 0 Å². The molecule has 3 aromatic rings. The number of hydrazone groups is 1. The Labute approximate surface area is 167 Å². The van der Waals surface area contributed by atoms with Crippen LogP contribution in [0.1, 0.15) is 32.3 Å². The summed E-state index contributed by atoms with van der Waals surface area (Å²) in [5.74, 6) is 0.402. The Morgan fingerprint density at radius 1 is 1.18 bits per heavy atom. The summed E-state index contributed by atoms with van der Waals surface area (Å²) in [6.45, 7) is 4.39. The second kappa shape index (κ2) is 8.02. The highest BCUT2D eigenvalue weighted by Gasteiger charge is 2.19. The molecule has 8 nitrogen and oxygen atoms in total. The maximum Gasteiger partial charge on any atom is 0.332 e. The maximum absolute atomic E-state index is 12.8. The van der Waals surface area contributed by atoms with Gasteiger partial charge in [-0.3, -0.25) is 18.5 Å². The van der Waals surface area contributed by atoms with E-state index in [-0.39, 0.29) is 0 Å². The van der Waals surface area contributed by atoms with Crippen LogP contribution >= 0.6 is 11.6 Å². The fourth-order valence-corrected chi connectivity index (χ4v) is 3.15. The van der Waals surface area contributed by atoms with E-state index in [1.165, 1.54) is 11.6 Å². The molecule has 0 aliphatic rings. The lowest BCUT2D eigenvalue weighted by Gasteiger charge is -2.10. The minimum absolute atomic E-state index is 0.313. The third-order valence-electron chi connectivity index (χ3n) is 4.56. The fraction of sp³-hybridized carbons (Fsp3) is 0.368. The van der Waals surface area contributed by atoms with E-state index in [9.17, 15) is 9.59 Å². The number of fused-ring (bicyclic) bond motifs is 1. The molecule has 0 atom stereocenters. The number of anilines is 1. The molecule has 0 aliphatic heterocycles. The Balaban J connectivity index is 2.20. The van der Waals surface area contributed by atoms with E-state index < -0.39 is 11.2 Å². The standard InChI is InChI=1S/C19H23ClN6O2/c1-5-6-12(2)22-23-18-21-16-15(17(27)25(4)19(28)24(16)3)26(18)11-13-7-9-14(20)10-8-13/h7-10H,5-6,11H2,1-4H3,(H,21,23)/b22-12+. The van der Waals surface area contributed by atoms with Crippen LogP contribution in [0.5, 0.6) is 0 Å². The fourth-order valence-electron chi connectivity index (χ4n) is 3.02. The Bertz CT molecular complexity index is 1150. The van der Waals surface area contributed by atoms with E-state index in [1.54, 1.807) is 23.7 Å². The minimum atomic E-state index is -0.425. The number of hydrogen-bond acceptors (Lipinski definition) is 5. The van der Waals surface area contributed by atoms with Crippen LogP contribution in [0.2, 0.25) is 5.02 Å². The zero-order valence-electron chi connectivity index (χ0n) is 16.4. The number of imidazole rings is 1. The van der Waals surface area contributed by atoms with Crippen LogP contribution in [0.15, 0.2) is 39.0 Å². The van der Waals surface area contributed by atoms with Crippen LogP contribution in [-0.2, 0) is 20.6 Å². The monoisotopic (exact) mass is 402 g/mol. The quantitative estimate of drug-likeness (QED) is 0.507. The summed E-state index contributed by atoms with van der Waals surface area (Å²) < 4.78 is 4.18. The molecule has 1 N–H and O–H groups in total. The largest absolute Gasteiger partial charge is 0.332 e. The molecule has 0 amide bonds. The highest BCUT2D eigenvalue weighted by molar-refractivity contribution is 6.30. The van der Waals surface area contributed by atoms with Gasteiger partial charge in [0.25, 0.3) is 5.56 Å². The van der Waals surface area contributed by atoms with Gasteiger partial charge in [-0.2, -0.15) is 10.1 Å². The summed E-state index contributed by atoms with van der Waals surface area (Å²) in [6.07, 6.45) is 1.83. The van der Waals surface area contributed by atoms with Gasteiger partial charge in [-0.25, -0.2) is 10.2 Å². The summed E-state index contributed by atoms with van der Waals surface area (Å²) >= 11 is 5.98. The summed E-state index contributed by atoms with van der Waals surface area (Å²) in [5, 5.41) is 5.00. The lowest BCUT2D eigenvalue weighted by atomic mass is 10.2. The van der Waals surface area contributed by atoms with E-state index in [2.05, 4.69) is 22.4 Å². The molecule has 0 saturated heterocycles. The van der Waals surface area contributed by atoms with Crippen molar-refractivity contribution in [3.63, 3.8) is 0 Å². The van der Waals surface area contributed by atoms with Crippen LogP contribution < -0.4 is 16.7 Å². The van der Waals surface area contributed by atoms with Gasteiger partial charge in [-0.1, -0.05) is 37.1 Å². The van der Waals surface area contributed by atoms with Crippen molar-refractivity contribution in [2.75, 3.05) is 5.43 Å². The molecule has 0 saturated carbocycles. The van der Waals surface area contributed by atoms with Crippen LogP contribution in [0.4, 0.5) is 5.95 Å². The number of aromatic nitrogens is 4. The number of rotatable bonds is 6. The zero-order valence-corrected chi connectivity index (χ0v) is 17.1. The van der Waals surface area contributed by atoms with Crippen molar-refractivity contribution in [3.8, 4) is 0 Å². The summed E-state index contributed by atoms with van der Waals surface area (Å²) in [7, 11) is 3.06. The molecule has 2 heterocycles. The average molecular weight is 403 g/mol. The van der Waals surface area contributed by atoms with Gasteiger partial charge >= 0.3 is 5.69 Å². The SMILES string of the molecule is CCC/C(C)=N/Nc1nc2c(c(=O)n(C)c(=O)n2C)n1Cc1ccc(Cl)cc1. The number of hydrogen-bond donors (Lipinski definition) is 1. The number of aryl methyl sites for hydroxylation is 1. The second-order valence-corrected chi connectivity index (χ2v) is 7.17. The molecule has 0 spiro atoms. The van der Waals surface area contributed by atoms with Crippen LogP contribution in [0.25, 0.3) is 11.2 Å². The molecular weight excluding hydrogens is 380 g/mol. The molecule has 0 unspecified atom stereocenters. The topological polar surface area (TPSA) is 86.2 Å².